The molecule has 0 bridgehead atoms. The number of rotatable bonds is 6. The number of thiocarbonyl (C=S) groups is 1. The maximum absolute atomic E-state index is 11.1. The number of pyridine rings is 1. The Balaban J connectivity index is 1.75. The Kier molecular flexibility index (Phi) is 5.60. The van der Waals surface area contributed by atoms with E-state index in [1.54, 1.807) is 12.3 Å². The van der Waals surface area contributed by atoms with Crippen molar-refractivity contribution in [2.75, 3.05) is 7.11 Å². The van der Waals surface area contributed by atoms with Gasteiger partial charge in [0.25, 0.3) is 5.69 Å². The lowest BCUT2D eigenvalue weighted by Crippen LogP contribution is -2.35. The fraction of sp³-hybridized carbons (Fsp3) is 0.273. The first kappa shape index (κ1) is 20.8. The zero-order valence-corrected chi connectivity index (χ0v) is 18.1. The highest BCUT2D eigenvalue weighted by atomic mass is 32.1. The van der Waals surface area contributed by atoms with Gasteiger partial charge in [0.05, 0.1) is 35.4 Å². The van der Waals surface area contributed by atoms with Crippen LogP contribution in [0.2, 0.25) is 0 Å². The third-order valence-electron chi connectivity index (χ3n) is 5.27. The molecule has 0 amide bonds. The molecule has 1 fully saturated rings. The number of furan rings is 1. The van der Waals surface area contributed by atoms with Gasteiger partial charge in [-0.3, -0.25) is 15.1 Å². The quantitative estimate of drug-likeness (QED) is 0.338. The van der Waals surface area contributed by atoms with Gasteiger partial charge in [-0.05, 0) is 56.4 Å². The Hall–Kier alpha value is -3.46. The third kappa shape index (κ3) is 3.84. The molecule has 0 spiro atoms. The first-order chi connectivity index (χ1) is 14.9. The van der Waals surface area contributed by atoms with Crippen molar-refractivity contribution in [3.63, 3.8) is 0 Å². The Bertz CT molecular complexity index is 1120. The van der Waals surface area contributed by atoms with Crippen molar-refractivity contribution in [3.05, 3.63) is 76.3 Å². The van der Waals surface area contributed by atoms with Crippen LogP contribution in [0.4, 0.5) is 5.69 Å². The van der Waals surface area contributed by atoms with Crippen molar-refractivity contribution < 1.29 is 14.1 Å². The van der Waals surface area contributed by atoms with Gasteiger partial charge >= 0.3 is 0 Å². The first-order valence-corrected chi connectivity index (χ1v) is 10.2. The lowest BCUT2D eigenvalue weighted by molar-refractivity contribution is -0.384. The number of hydrogen-bond donors (Lipinski definition) is 1. The van der Waals surface area contributed by atoms with Crippen LogP contribution in [0.3, 0.4) is 0 Å². The first-order valence-electron chi connectivity index (χ1n) is 9.83. The zero-order valence-electron chi connectivity index (χ0n) is 17.3. The molecule has 1 aliphatic rings. The molecule has 3 aromatic rings. The lowest BCUT2D eigenvalue weighted by atomic mass is 10.0. The summed E-state index contributed by atoms with van der Waals surface area (Å²) in [5.74, 6) is 1.65. The molecule has 1 aliphatic heterocycles. The number of ether oxygens (including phenoxy) is 1. The van der Waals surface area contributed by atoms with Crippen LogP contribution in [-0.4, -0.2) is 33.1 Å². The number of non-ortho nitro benzene ring substituents is 1. The average molecular weight is 439 g/mol. The van der Waals surface area contributed by atoms with E-state index in [1.807, 2.05) is 30.3 Å². The molecular weight excluding hydrogens is 416 g/mol. The number of nitrogens with one attached hydrogen (secondary N) is 1. The van der Waals surface area contributed by atoms with Gasteiger partial charge < -0.3 is 19.4 Å². The van der Waals surface area contributed by atoms with Crippen LogP contribution in [0.1, 0.15) is 37.4 Å². The van der Waals surface area contributed by atoms with Gasteiger partial charge in [0.1, 0.15) is 23.3 Å². The van der Waals surface area contributed by atoms with Gasteiger partial charge in [0, 0.05) is 18.3 Å². The summed E-state index contributed by atoms with van der Waals surface area (Å²) in [6.45, 7) is 4.15. The molecule has 9 heteroatoms. The van der Waals surface area contributed by atoms with E-state index in [2.05, 4.69) is 29.0 Å². The number of nitrogens with zero attached hydrogens (tertiary/aromatic N) is 3. The number of benzene rings is 1. The molecule has 1 aromatic carbocycles. The van der Waals surface area contributed by atoms with Gasteiger partial charge in [0.2, 0.25) is 0 Å². The summed E-state index contributed by atoms with van der Waals surface area (Å²) >= 11 is 5.61. The normalized spacial score (nSPS) is 18.3. The summed E-state index contributed by atoms with van der Waals surface area (Å²) in [4.78, 5) is 17.2. The van der Waals surface area contributed by atoms with Crippen molar-refractivity contribution >= 4 is 23.0 Å². The maximum Gasteiger partial charge on any atom is 0.273 e. The Morgan fingerprint density at radius 3 is 2.71 bits per heavy atom. The van der Waals surface area contributed by atoms with Gasteiger partial charge in [-0.2, -0.15) is 0 Å². The van der Waals surface area contributed by atoms with Crippen molar-refractivity contribution in [2.45, 2.75) is 32.0 Å². The Labute approximate surface area is 185 Å². The zero-order chi connectivity index (χ0) is 22.1. The highest BCUT2D eigenvalue weighted by Gasteiger charge is 2.42. The molecule has 0 unspecified atom stereocenters. The fourth-order valence-electron chi connectivity index (χ4n) is 3.88. The summed E-state index contributed by atoms with van der Waals surface area (Å²) in [7, 11) is 1.48. The van der Waals surface area contributed by atoms with E-state index >= 15 is 0 Å². The molecule has 0 radical (unpaired) electrons. The molecular formula is C22H22N4O4S. The minimum Gasteiger partial charge on any atom is -0.496 e. The molecule has 1 saturated heterocycles. The molecule has 2 aromatic heterocycles. The van der Waals surface area contributed by atoms with E-state index in [0.29, 0.717) is 27.9 Å². The maximum atomic E-state index is 11.1. The van der Waals surface area contributed by atoms with E-state index in [-0.39, 0.29) is 23.8 Å². The summed E-state index contributed by atoms with van der Waals surface area (Å²) in [5, 5.41) is 15.1. The number of nitro groups is 1. The van der Waals surface area contributed by atoms with Crippen LogP contribution in [0.25, 0.3) is 11.3 Å². The molecule has 0 aliphatic carbocycles. The van der Waals surface area contributed by atoms with Gasteiger partial charge in [0.15, 0.2) is 5.11 Å². The van der Waals surface area contributed by atoms with E-state index < -0.39 is 4.92 Å². The Morgan fingerprint density at radius 2 is 2.06 bits per heavy atom. The number of methoxy groups -OCH3 is 1. The number of hydrogen-bond acceptors (Lipinski definition) is 6. The second kappa shape index (κ2) is 8.35. The van der Waals surface area contributed by atoms with Crippen LogP contribution >= 0.6 is 12.2 Å². The molecule has 31 heavy (non-hydrogen) atoms. The molecule has 4 rings (SSSR count). The minimum absolute atomic E-state index is 0.0427. The topological polar surface area (TPSA) is 93.7 Å². The number of nitro benzene ring substituents is 1. The predicted octanol–water partition coefficient (Wildman–Crippen LogP) is 4.64. The highest BCUT2D eigenvalue weighted by Crippen LogP contribution is 2.42. The van der Waals surface area contributed by atoms with Crippen molar-refractivity contribution in [1.29, 1.82) is 0 Å². The standard InChI is InChI=1S/C22H22N4O4S/c1-13(2)25-21(20(24-22(25)31)16-6-4-5-11-23-16)18-10-9-17(30-18)15-8-7-14(26(27)28)12-19(15)29-3/h4-13,20-21H,1-3H3,(H,24,31)/t20-,21+/m1/s1. The summed E-state index contributed by atoms with van der Waals surface area (Å²) in [6.07, 6.45) is 1.75. The van der Waals surface area contributed by atoms with Crippen LogP contribution in [0, 0.1) is 10.1 Å². The van der Waals surface area contributed by atoms with Crippen LogP contribution in [0.15, 0.2) is 59.1 Å². The predicted molar refractivity (Wildman–Crippen MR) is 120 cm³/mol. The average Bonchev–Trinajstić information content (AvgIpc) is 3.38. The van der Waals surface area contributed by atoms with Crippen molar-refractivity contribution in [2.24, 2.45) is 0 Å². The van der Waals surface area contributed by atoms with Crippen LogP contribution < -0.4 is 10.1 Å². The molecule has 2 atom stereocenters. The lowest BCUT2D eigenvalue weighted by Gasteiger charge is -2.29. The molecule has 8 nitrogen and oxygen atoms in total. The Morgan fingerprint density at radius 1 is 1.26 bits per heavy atom. The second-order valence-electron chi connectivity index (χ2n) is 7.47. The fourth-order valence-corrected chi connectivity index (χ4v) is 4.33. The third-order valence-corrected chi connectivity index (χ3v) is 5.60. The van der Waals surface area contributed by atoms with Gasteiger partial charge in [-0.25, -0.2) is 0 Å². The largest absolute Gasteiger partial charge is 0.496 e. The SMILES string of the molecule is COc1cc([N+](=O)[O-])ccc1-c1ccc([C@H]2[C@@H](c3ccccn3)NC(=S)N2C(C)C)o1. The van der Waals surface area contributed by atoms with Gasteiger partial charge in [-0.1, -0.05) is 6.07 Å². The summed E-state index contributed by atoms with van der Waals surface area (Å²) in [5.41, 5.74) is 1.46. The van der Waals surface area contributed by atoms with Gasteiger partial charge in [-0.15, -0.1) is 0 Å². The number of aromatic nitrogens is 1. The van der Waals surface area contributed by atoms with E-state index in [4.69, 9.17) is 21.4 Å². The van der Waals surface area contributed by atoms with Crippen molar-refractivity contribution in [1.82, 2.24) is 15.2 Å². The van der Waals surface area contributed by atoms with Crippen molar-refractivity contribution in [3.8, 4) is 17.1 Å². The van der Waals surface area contributed by atoms with E-state index in [1.165, 1.54) is 19.2 Å². The summed E-state index contributed by atoms with van der Waals surface area (Å²) < 4.78 is 11.6. The minimum atomic E-state index is -0.455. The second-order valence-corrected chi connectivity index (χ2v) is 7.86. The van der Waals surface area contributed by atoms with E-state index in [9.17, 15) is 10.1 Å². The van der Waals surface area contributed by atoms with Crippen LogP contribution in [-0.2, 0) is 0 Å². The monoisotopic (exact) mass is 438 g/mol. The smallest absolute Gasteiger partial charge is 0.273 e. The molecule has 0 saturated carbocycles. The molecule has 3 heterocycles. The molecule has 160 valence electrons. The van der Waals surface area contributed by atoms with Crippen LogP contribution in [0.5, 0.6) is 5.75 Å². The summed E-state index contributed by atoms with van der Waals surface area (Å²) in [6, 6.07) is 13.7. The van der Waals surface area contributed by atoms with E-state index in [0.717, 1.165) is 5.69 Å². The highest BCUT2D eigenvalue weighted by molar-refractivity contribution is 7.80. The molecule has 1 N–H and O–H groups in total.